The van der Waals surface area contributed by atoms with Gasteiger partial charge >= 0.3 is 5.97 Å². The predicted octanol–water partition coefficient (Wildman–Crippen LogP) is -0.230. The highest BCUT2D eigenvalue weighted by Crippen LogP contribution is 2.30. The van der Waals surface area contributed by atoms with Crippen molar-refractivity contribution in [2.75, 3.05) is 31.7 Å². The van der Waals surface area contributed by atoms with Crippen LogP contribution in [0.25, 0.3) is 0 Å². The van der Waals surface area contributed by atoms with E-state index in [2.05, 4.69) is 0 Å². The third kappa shape index (κ3) is 4.55. The van der Waals surface area contributed by atoms with Gasteiger partial charge in [0.1, 0.15) is 5.56 Å². The van der Waals surface area contributed by atoms with E-state index in [-0.39, 0.29) is 29.2 Å². The molecule has 1 aromatic rings. The number of sulfone groups is 1. The van der Waals surface area contributed by atoms with Gasteiger partial charge in [0.15, 0.2) is 16.4 Å². The normalized spacial score (nSPS) is 19.3. The maximum atomic E-state index is 12.4. The Hall–Kier alpha value is -3.35. The molecular formula is C18H19N3O9S. The fraction of sp³-hybridized carbons (Fsp3) is 0.444. The van der Waals surface area contributed by atoms with Gasteiger partial charge in [-0.3, -0.25) is 34.2 Å². The molecule has 12 nitrogen and oxygen atoms in total. The van der Waals surface area contributed by atoms with Crippen LogP contribution in [0.4, 0.5) is 5.69 Å². The highest BCUT2D eigenvalue weighted by molar-refractivity contribution is 7.91. The highest BCUT2D eigenvalue weighted by Gasteiger charge is 2.41. The maximum absolute atomic E-state index is 12.4. The number of hydrogen-bond acceptors (Lipinski definition) is 9. The molecule has 1 aromatic carbocycles. The molecule has 31 heavy (non-hydrogen) atoms. The van der Waals surface area contributed by atoms with Crippen molar-refractivity contribution in [1.82, 2.24) is 9.80 Å². The lowest BCUT2D eigenvalue weighted by atomic mass is 10.1. The van der Waals surface area contributed by atoms with Gasteiger partial charge in [-0.25, -0.2) is 8.42 Å². The van der Waals surface area contributed by atoms with Crippen molar-refractivity contribution in [3.05, 3.63) is 39.4 Å². The first-order chi connectivity index (χ1) is 14.5. The molecule has 2 heterocycles. The first kappa shape index (κ1) is 22.3. The monoisotopic (exact) mass is 453 g/mol. The Labute approximate surface area is 176 Å². The Balaban J connectivity index is 1.53. The standard InChI is InChI=1S/C18H19N3O9S/c1-19(11-6-8-31(28,29)10-11)14(22)9-30-15(23)5-7-20-17(24)12-3-2-4-13(21(26)27)16(12)18(20)25/h2-4,11H,5-10H2,1H3/t11-/m0/s1. The van der Waals surface area contributed by atoms with E-state index in [1.165, 1.54) is 24.1 Å². The number of carbonyl (C=O) groups excluding carboxylic acids is 4. The number of benzene rings is 1. The minimum absolute atomic E-state index is 0.00643. The van der Waals surface area contributed by atoms with E-state index in [9.17, 15) is 37.7 Å². The van der Waals surface area contributed by atoms with Gasteiger partial charge in [-0.05, 0) is 12.5 Å². The lowest BCUT2D eigenvalue weighted by molar-refractivity contribution is -0.385. The molecule has 0 bridgehead atoms. The molecule has 0 aromatic heterocycles. The van der Waals surface area contributed by atoms with E-state index in [1.807, 2.05) is 0 Å². The summed E-state index contributed by atoms with van der Waals surface area (Å²) in [5, 5.41) is 11.1. The predicted molar refractivity (Wildman–Crippen MR) is 104 cm³/mol. The molecule has 0 saturated carbocycles. The van der Waals surface area contributed by atoms with Gasteiger partial charge in [0.05, 0.1) is 28.4 Å². The molecule has 0 N–H and O–H groups in total. The van der Waals surface area contributed by atoms with E-state index >= 15 is 0 Å². The second-order valence-corrected chi connectivity index (χ2v) is 9.42. The lowest BCUT2D eigenvalue weighted by Crippen LogP contribution is -2.40. The number of rotatable bonds is 7. The van der Waals surface area contributed by atoms with Gasteiger partial charge in [-0.1, -0.05) is 6.07 Å². The first-order valence-corrected chi connectivity index (χ1v) is 11.1. The lowest BCUT2D eigenvalue weighted by Gasteiger charge is -2.23. The topological polar surface area (TPSA) is 161 Å². The largest absolute Gasteiger partial charge is 0.456 e. The van der Waals surface area contributed by atoms with Crippen molar-refractivity contribution >= 4 is 39.2 Å². The van der Waals surface area contributed by atoms with Crippen molar-refractivity contribution < 1.29 is 37.3 Å². The van der Waals surface area contributed by atoms with Gasteiger partial charge in [-0.2, -0.15) is 0 Å². The second kappa shape index (κ2) is 8.41. The summed E-state index contributed by atoms with van der Waals surface area (Å²) < 4.78 is 27.9. The van der Waals surface area contributed by atoms with Gasteiger partial charge < -0.3 is 9.64 Å². The van der Waals surface area contributed by atoms with Crippen LogP contribution < -0.4 is 0 Å². The van der Waals surface area contributed by atoms with Crippen LogP contribution in [0, 0.1) is 10.1 Å². The minimum atomic E-state index is -3.18. The van der Waals surface area contributed by atoms with Crippen molar-refractivity contribution in [3.8, 4) is 0 Å². The van der Waals surface area contributed by atoms with Crippen molar-refractivity contribution in [3.63, 3.8) is 0 Å². The van der Waals surface area contributed by atoms with Crippen LogP contribution >= 0.6 is 0 Å². The second-order valence-electron chi connectivity index (χ2n) is 7.19. The molecule has 1 saturated heterocycles. The third-order valence-electron chi connectivity index (χ3n) is 5.22. The van der Waals surface area contributed by atoms with E-state index < -0.39 is 63.2 Å². The molecule has 0 aliphatic carbocycles. The van der Waals surface area contributed by atoms with Crippen LogP contribution in [0.2, 0.25) is 0 Å². The molecule has 1 fully saturated rings. The number of carbonyl (C=O) groups is 4. The van der Waals surface area contributed by atoms with E-state index in [1.54, 1.807) is 0 Å². The summed E-state index contributed by atoms with van der Waals surface area (Å²) >= 11 is 0. The Morgan fingerprint density at radius 2 is 2.00 bits per heavy atom. The van der Waals surface area contributed by atoms with Crippen LogP contribution in [0.15, 0.2) is 18.2 Å². The fourth-order valence-corrected chi connectivity index (χ4v) is 5.25. The molecule has 0 spiro atoms. The average Bonchev–Trinajstić information content (AvgIpc) is 3.20. The summed E-state index contributed by atoms with van der Waals surface area (Å²) in [5.41, 5.74) is -0.937. The number of fused-ring (bicyclic) bond motifs is 1. The molecule has 2 aliphatic rings. The SMILES string of the molecule is CN(C(=O)COC(=O)CCN1C(=O)c2cccc([N+](=O)[O-])c2C1=O)[C@H]1CCS(=O)(=O)C1. The summed E-state index contributed by atoms with van der Waals surface area (Å²) in [6.07, 6.45) is -0.0987. The number of nitro benzene ring substituents is 1. The molecule has 3 rings (SSSR count). The summed E-state index contributed by atoms with van der Waals surface area (Å²) in [6.45, 7) is -0.979. The number of ether oxygens (including phenoxy) is 1. The first-order valence-electron chi connectivity index (χ1n) is 9.27. The van der Waals surface area contributed by atoms with Gasteiger partial charge in [0.25, 0.3) is 23.4 Å². The molecule has 13 heteroatoms. The number of nitrogens with zero attached hydrogens (tertiary/aromatic N) is 3. The average molecular weight is 453 g/mol. The molecule has 1 atom stereocenters. The Morgan fingerprint density at radius 3 is 2.61 bits per heavy atom. The fourth-order valence-electron chi connectivity index (χ4n) is 3.47. The Kier molecular flexibility index (Phi) is 6.06. The van der Waals surface area contributed by atoms with E-state index in [0.717, 1.165) is 11.0 Å². The number of esters is 1. The molecule has 3 amide bonds. The summed E-state index contributed by atoms with van der Waals surface area (Å²) in [6, 6.07) is 3.21. The number of likely N-dealkylation sites (N-methyl/N-ethyl adjacent to an activating group) is 1. The van der Waals surface area contributed by atoms with Crippen molar-refractivity contribution in [1.29, 1.82) is 0 Å². The number of nitro groups is 1. The zero-order valence-corrected chi connectivity index (χ0v) is 17.3. The van der Waals surface area contributed by atoms with Gasteiger partial charge in [0, 0.05) is 25.7 Å². The minimum Gasteiger partial charge on any atom is -0.456 e. The van der Waals surface area contributed by atoms with Crippen LogP contribution in [0.1, 0.15) is 33.6 Å². The number of imide groups is 1. The van der Waals surface area contributed by atoms with Gasteiger partial charge in [-0.15, -0.1) is 0 Å². The Morgan fingerprint density at radius 1 is 1.29 bits per heavy atom. The van der Waals surface area contributed by atoms with Crippen molar-refractivity contribution in [2.24, 2.45) is 0 Å². The van der Waals surface area contributed by atoms with E-state index in [0.29, 0.717) is 6.42 Å². The van der Waals surface area contributed by atoms with Crippen LogP contribution in [-0.2, 0) is 24.2 Å². The van der Waals surface area contributed by atoms with Crippen LogP contribution in [0.3, 0.4) is 0 Å². The van der Waals surface area contributed by atoms with Crippen molar-refractivity contribution in [2.45, 2.75) is 18.9 Å². The summed E-state index contributed by atoms with van der Waals surface area (Å²) in [5.74, 6) is -3.21. The molecule has 0 unspecified atom stereocenters. The maximum Gasteiger partial charge on any atom is 0.308 e. The van der Waals surface area contributed by atoms with Crippen LogP contribution in [0.5, 0.6) is 0 Å². The number of amides is 3. The zero-order chi connectivity index (χ0) is 22.9. The summed E-state index contributed by atoms with van der Waals surface area (Å²) in [4.78, 5) is 61.2. The molecule has 0 radical (unpaired) electrons. The van der Waals surface area contributed by atoms with Crippen LogP contribution in [-0.4, -0.2) is 84.6 Å². The molecule has 166 valence electrons. The van der Waals surface area contributed by atoms with E-state index in [4.69, 9.17) is 4.74 Å². The third-order valence-corrected chi connectivity index (χ3v) is 6.97. The Bertz CT molecular complexity index is 1080. The molecule has 2 aliphatic heterocycles. The highest BCUT2D eigenvalue weighted by atomic mass is 32.2. The summed E-state index contributed by atoms with van der Waals surface area (Å²) in [7, 11) is -1.75. The smallest absolute Gasteiger partial charge is 0.308 e. The van der Waals surface area contributed by atoms with Gasteiger partial charge in [0.2, 0.25) is 0 Å². The zero-order valence-electron chi connectivity index (χ0n) is 16.5. The quantitative estimate of drug-likeness (QED) is 0.235. The molecular weight excluding hydrogens is 434 g/mol. The number of hydrogen-bond donors (Lipinski definition) is 0.